The molecule has 1 heterocycles. The van der Waals surface area contributed by atoms with Gasteiger partial charge in [0.05, 0.1) is 31.3 Å². The smallest absolute Gasteiger partial charge is 0.230 e. The zero-order valence-corrected chi connectivity index (χ0v) is 23.4. The van der Waals surface area contributed by atoms with Crippen LogP contribution in [0.1, 0.15) is 24.1 Å². The minimum atomic E-state index is -0.0364. The summed E-state index contributed by atoms with van der Waals surface area (Å²) in [6, 6.07) is 19.5. The third-order valence-electron chi connectivity index (χ3n) is 4.77. The van der Waals surface area contributed by atoms with Crippen LogP contribution in [0.4, 0.5) is 5.69 Å². The first-order valence-corrected chi connectivity index (χ1v) is 13.9. The number of benzene rings is 3. The number of thiazole rings is 1. The minimum Gasteiger partial charge on any atom is -0.506 e. The number of aromatic hydroxyl groups is 1. The number of hydrogen-bond donors (Lipinski definition) is 2. The standard InChI is InChI=1S/C24H19I2N3O2S2/c1-14(15-5-3-2-4-6-15)28-22(30)13-32-24-29-20-8-7-18(11-21(20)33-24)27-12-16-9-17(25)10-19(26)23(16)31/h2-12,14,31H,13H2,1H3,(H,28,30). The van der Waals surface area contributed by atoms with Gasteiger partial charge in [0.25, 0.3) is 0 Å². The van der Waals surface area contributed by atoms with E-state index in [0.717, 1.165) is 32.9 Å². The van der Waals surface area contributed by atoms with Gasteiger partial charge >= 0.3 is 0 Å². The van der Waals surface area contributed by atoms with E-state index in [0.29, 0.717) is 11.3 Å². The van der Waals surface area contributed by atoms with E-state index < -0.39 is 0 Å². The van der Waals surface area contributed by atoms with Crippen LogP contribution in [0.5, 0.6) is 5.75 Å². The summed E-state index contributed by atoms with van der Waals surface area (Å²) >= 11 is 7.31. The molecule has 0 aliphatic rings. The van der Waals surface area contributed by atoms with Crippen molar-refractivity contribution < 1.29 is 9.90 Å². The second kappa shape index (κ2) is 11.2. The predicted molar refractivity (Wildman–Crippen MR) is 154 cm³/mol. The molecule has 0 aliphatic heterocycles. The van der Waals surface area contributed by atoms with E-state index in [-0.39, 0.29) is 17.7 Å². The number of phenols is 1. The molecule has 168 valence electrons. The van der Waals surface area contributed by atoms with Gasteiger partial charge in [0.1, 0.15) is 5.75 Å². The van der Waals surface area contributed by atoms with E-state index >= 15 is 0 Å². The van der Waals surface area contributed by atoms with Crippen LogP contribution in [0.2, 0.25) is 0 Å². The van der Waals surface area contributed by atoms with E-state index in [4.69, 9.17) is 0 Å². The lowest BCUT2D eigenvalue weighted by Gasteiger charge is -2.13. The van der Waals surface area contributed by atoms with Crippen molar-refractivity contribution in [3.8, 4) is 5.75 Å². The van der Waals surface area contributed by atoms with Crippen LogP contribution in [-0.2, 0) is 4.79 Å². The molecule has 1 atom stereocenters. The lowest BCUT2D eigenvalue weighted by molar-refractivity contribution is -0.119. The second-order valence-corrected chi connectivity index (χ2v) is 11.9. The summed E-state index contributed by atoms with van der Waals surface area (Å²) < 4.78 is 3.69. The summed E-state index contributed by atoms with van der Waals surface area (Å²) in [5.41, 5.74) is 3.43. The highest BCUT2D eigenvalue weighted by atomic mass is 127. The Balaban J connectivity index is 1.40. The highest BCUT2D eigenvalue weighted by Gasteiger charge is 2.12. The zero-order valence-electron chi connectivity index (χ0n) is 17.5. The van der Waals surface area contributed by atoms with Gasteiger partial charge in [-0.1, -0.05) is 42.1 Å². The molecule has 0 saturated heterocycles. The SMILES string of the molecule is CC(NC(=O)CSc1nc2ccc(N=Cc3cc(I)cc(I)c3O)cc2s1)c1ccccc1. The number of carbonyl (C=O) groups excluding carboxylic acids is 1. The van der Waals surface area contributed by atoms with Crippen molar-refractivity contribution in [2.75, 3.05) is 5.75 Å². The predicted octanol–water partition coefficient (Wildman–Crippen LogP) is 6.93. The van der Waals surface area contributed by atoms with Crippen LogP contribution in [-0.4, -0.2) is 28.0 Å². The van der Waals surface area contributed by atoms with Crippen molar-refractivity contribution in [3.05, 3.63) is 78.9 Å². The van der Waals surface area contributed by atoms with Crippen molar-refractivity contribution in [2.24, 2.45) is 4.99 Å². The molecule has 1 aromatic heterocycles. The fourth-order valence-electron chi connectivity index (χ4n) is 3.10. The van der Waals surface area contributed by atoms with Gasteiger partial charge in [-0.25, -0.2) is 4.98 Å². The Kier molecular flexibility index (Phi) is 8.25. The number of hydrogen-bond acceptors (Lipinski definition) is 6. The number of fused-ring (bicyclic) bond motifs is 1. The fourth-order valence-corrected chi connectivity index (χ4v) is 6.90. The molecule has 0 bridgehead atoms. The Hall–Kier alpha value is -1.70. The zero-order chi connectivity index (χ0) is 23.4. The molecule has 9 heteroatoms. The lowest BCUT2D eigenvalue weighted by Crippen LogP contribution is -2.28. The van der Waals surface area contributed by atoms with Crippen LogP contribution >= 0.6 is 68.3 Å². The van der Waals surface area contributed by atoms with E-state index in [1.165, 1.54) is 11.8 Å². The van der Waals surface area contributed by atoms with Gasteiger partial charge in [0.2, 0.25) is 5.91 Å². The minimum absolute atomic E-state index is 0.0205. The Labute approximate surface area is 227 Å². The largest absolute Gasteiger partial charge is 0.506 e. The molecule has 5 nitrogen and oxygen atoms in total. The van der Waals surface area contributed by atoms with Crippen molar-refractivity contribution in [1.29, 1.82) is 0 Å². The molecule has 2 N–H and O–H groups in total. The number of amides is 1. The first-order chi connectivity index (χ1) is 15.9. The first-order valence-electron chi connectivity index (χ1n) is 9.99. The van der Waals surface area contributed by atoms with Gasteiger partial charge in [0, 0.05) is 15.3 Å². The number of aromatic nitrogens is 1. The van der Waals surface area contributed by atoms with Gasteiger partial charge in [-0.15, -0.1) is 11.3 Å². The molecule has 33 heavy (non-hydrogen) atoms. The van der Waals surface area contributed by atoms with E-state index in [1.54, 1.807) is 17.6 Å². The van der Waals surface area contributed by atoms with E-state index in [1.807, 2.05) is 67.6 Å². The van der Waals surface area contributed by atoms with Crippen LogP contribution in [0.15, 0.2) is 70.0 Å². The van der Waals surface area contributed by atoms with Gasteiger partial charge in [0.15, 0.2) is 4.34 Å². The summed E-state index contributed by atoms with van der Waals surface area (Å²) in [5, 5.41) is 13.3. The molecule has 0 fully saturated rings. The topological polar surface area (TPSA) is 74.6 Å². The number of rotatable bonds is 7. The fraction of sp³-hybridized carbons (Fsp3) is 0.125. The van der Waals surface area contributed by atoms with Crippen molar-refractivity contribution in [2.45, 2.75) is 17.3 Å². The van der Waals surface area contributed by atoms with Crippen molar-refractivity contribution in [1.82, 2.24) is 10.3 Å². The molecule has 0 radical (unpaired) electrons. The number of thioether (sulfide) groups is 1. The maximum absolute atomic E-state index is 12.4. The normalized spacial score (nSPS) is 12.3. The van der Waals surface area contributed by atoms with Gasteiger partial charge in [-0.2, -0.15) is 0 Å². The maximum Gasteiger partial charge on any atom is 0.230 e. The number of nitrogens with one attached hydrogen (secondary N) is 1. The third kappa shape index (κ3) is 6.46. The van der Waals surface area contributed by atoms with Gasteiger partial charge in [-0.3, -0.25) is 9.79 Å². The van der Waals surface area contributed by atoms with Crippen molar-refractivity contribution in [3.63, 3.8) is 0 Å². The van der Waals surface area contributed by atoms with Gasteiger partial charge in [-0.05, 0) is 88.0 Å². The summed E-state index contributed by atoms with van der Waals surface area (Å²) in [4.78, 5) is 21.5. The first kappa shape index (κ1) is 24.4. The van der Waals surface area contributed by atoms with E-state index in [2.05, 4.69) is 60.5 Å². The van der Waals surface area contributed by atoms with Crippen LogP contribution in [0.3, 0.4) is 0 Å². The molecular formula is C24H19I2N3O2S2. The average Bonchev–Trinajstić information content (AvgIpc) is 3.22. The Morgan fingerprint density at radius 1 is 1.21 bits per heavy atom. The van der Waals surface area contributed by atoms with E-state index in [9.17, 15) is 9.90 Å². The Morgan fingerprint density at radius 3 is 2.79 bits per heavy atom. The average molecular weight is 699 g/mol. The monoisotopic (exact) mass is 699 g/mol. The Bertz CT molecular complexity index is 1330. The Morgan fingerprint density at radius 2 is 2.00 bits per heavy atom. The van der Waals surface area contributed by atoms with Crippen LogP contribution in [0, 0.1) is 7.14 Å². The number of nitrogens with zero attached hydrogens (tertiary/aromatic N) is 2. The number of halogens is 2. The molecular weight excluding hydrogens is 680 g/mol. The summed E-state index contributed by atoms with van der Waals surface area (Å²) in [7, 11) is 0. The van der Waals surface area contributed by atoms with Crippen molar-refractivity contribution >= 4 is 96.3 Å². The maximum atomic E-state index is 12.4. The number of carbonyl (C=O) groups is 1. The highest BCUT2D eigenvalue weighted by Crippen LogP contribution is 2.32. The number of phenolic OH excluding ortho intramolecular Hbond substituents is 1. The quantitative estimate of drug-likeness (QED) is 0.125. The molecule has 0 saturated carbocycles. The summed E-state index contributed by atoms with van der Waals surface area (Å²) in [6.07, 6.45) is 1.68. The molecule has 1 unspecified atom stereocenters. The molecule has 0 aliphatic carbocycles. The third-order valence-corrected chi connectivity index (χ3v) is 8.37. The van der Waals surface area contributed by atoms with Gasteiger partial charge < -0.3 is 10.4 Å². The molecule has 1 amide bonds. The molecule has 0 spiro atoms. The summed E-state index contributed by atoms with van der Waals surface area (Å²) in [6.45, 7) is 1.98. The molecule has 4 aromatic rings. The van der Waals surface area contributed by atoms with Crippen LogP contribution < -0.4 is 5.32 Å². The molecule has 4 rings (SSSR count). The summed E-state index contributed by atoms with van der Waals surface area (Å²) in [5.74, 6) is 0.525. The highest BCUT2D eigenvalue weighted by molar-refractivity contribution is 14.1. The molecule has 3 aromatic carbocycles. The second-order valence-electron chi connectivity index (χ2n) is 7.20. The number of aliphatic imine (C=N–C) groups is 1. The van der Waals surface area contributed by atoms with Crippen LogP contribution in [0.25, 0.3) is 10.2 Å². The lowest BCUT2D eigenvalue weighted by atomic mass is 10.1.